The Balaban J connectivity index is 1.34. The number of amides is 1. The van der Waals surface area contributed by atoms with Gasteiger partial charge in [0.1, 0.15) is 0 Å². The van der Waals surface area contributed by atoms with Gasteiger partial charge in [0, 0.05) is 31.9 Å². The predicted octanol–water partition coefficient (Wildman–Crippen LogP) is 2.94. The summed E-state index contributed by atoms with van der Waals surface area (Å²) >= 11 is 1.64. The first-order valence-corrected chi connectivity index (χ1v) is 10.2. The summed E-state index contributed by atoms with van der Waals surface area (Å²) < 4.78 is 5.81. The molecule has 0 saturated carbocycles. The number of ether oxygens (including phenoxy) is 1. The number of carbonyl (C=O) groups excluding carboxylic acids is 1. The summed E-state index contributed by atoms with van der Waals surface area (Å²) in [5.74, 6) is 1.42. The molecule has 0 unspecified atom stereocenters. The van der Waals surface area contributed by atoms with E-state index in [1.54, 1.807) is 11.8 Å². The Morgan fingerprint density at radius 1 is 1.08 bits per heavy atom. The Morgan fingerprint density at radius 2 is 1.77 bits per heavy atom. The molecule has 0 aliphatic carbocycles. The average molecular weight is 371 g/mol. The van der Waals surface area contributed by atoms with Gasteiger partial charge in [0.2, 0.25) is 5.91 Å². The van der Waals surface area contributed by atoms with Crippen LogP contribution in [0.1, 0.15) is 11.1 Å². The number of benzene rings is 2. The second-order valence-electron chi connectivity index (χ2n) is 6.50. The summed E-state index contributed by atoms with van der Waals surface area (Å²) in [7, 11) is 0. The molecule has 1 N–H and O–H groups in total. The van der Waals surface area contributed by atoms with Crippen molar-refractivity contribution in [2.24, 2.45) is 0 Å². The first-order chi connectivity index (χ1) is 12.8. The number of hydrogen-bond donors (Lipinski definition) is 1. The Hall–Kier alpha value is -1.82. The molecular formula is C21H26N2O2S. The van der Waals surface area contributed by atoms with E-state index in [1.807, 2.05) is 24.3 Å². The van der Waals surface area contributed by atoms with Crippen molar-refractivity contribution in [3.8, 4) is 0 Å². The van der Waals surface area contributed by atoms with Gasteiger partial charge in [0.25, 0.3) is 0 Å². The molecule has 1 aliphatic heterocycles. The lowest BCUT2D eigenvalue weighted by atomic mass is 10.2. The Kier molecular flexibility index (Phi) is 7.55. The van der Waals surface area contributed by atoms with Crippen molar-refractivity contribution >= 4 is 17.7 Å². The van der Waals surface area contributed by atoms with Crippen LogP contribution in [0.2, 0.25) is 0 Å². The highest BCUT2D eigenvalue weighted by molar-refractivity contribution is 7.99. The van der Waals surface area contributed by atoms with Crippen molar-refractivity contribution in [1.82, 2.24) is 10.2 Å². The van der Waals surface area contributed by atoms with E-state index in [0.29, 0.717) is 12.3 Å². The topological polar surface area (TPSA) is 41.6 Å². The first kappa shape index (κ1) is 19.0. The molecule has 2 aromatic rings. The number of nitrogens with zero attached hydrogens (tertiary/aromatic N) is 1. The number of rotatable bonds is 8. The van der Waals surface area contributed by atoms with Crippen LogP contribution in [0.4, 0.5) is 0 Å². The monoisotopic (exact) mass is 370 g/mol. The van der Waals surface area contributed by atoms with Gasteiger partial charge in [-0.1, -0.05) is 60.7 Å². The fourth-order valence-corrected chi connectivity index (χ4v) is 3.82. The molecule has 1 fully saturated rings. The van der Waals surface area contributed by atoms with Crippen LogP contribution in [0.25, 0.3) is 0 Å². The van der Waals surface area contributed by atoms with Crippen molar-refractivity contribution in [3.05, 3.63) is 71.8 Å². The minimum atomic E-state index is 0.0653. The van der Waals surface area contributed by atoms with Gasteiger partial charge >= 0.3 is 0 Å². The minimum absolute atomic E-state index is 0.0653. The molecule has 0 aromatic heterocycles. The smallest absolute Gasteiger partial charge is 0.230 e. The van der Waals surface area contributed by atoms with E-state index < -0.39 is 0 Å². The van der Waals surface area contributed by atoms with Crippen LogP contribution in [0.3, 0.4) is 0 Å². The van der Waals surface area contributed by atoms with Crippen molar-refractivity contribution in [3.63, 3.8) is 0 Å². The third-order valence-electron chi connectivity index (χ3n) is 4.34. The van der Waals surface area contributed by atoms with Crippen LogP contribution >= 0.6 is 11.8 Å². The van der Waals surface area contributed by atoms with Crippen LogP contribution in [0.15, 0.2) is 60.7 Å². The molecule has 1 atom stereocenters. The van der Waals surface area contributed by atoms with Gasteiger partial charge in [-0.05, 0) is 11.1 Å². The third-order valence-corrected chi connectivity index (χ3v) is 5.35. The van der Waals surface area contributed by atoms with Crippen molar-refractivity contribution < 1.29 is 9.53 Å². The summed E-state index contributed by atoms with van der Waals surface area (Å²) in [6, 6.07) is 20.7. The average Bonchev–Trinajstić information content (AvgIpc) is 2.68. The van der Waals surface area contributed by atoms with Gasteiger partial charge in [-0.15, -0.1) is 11.8 Å². The summed E-state index contributed by atoms with van der Waals surface area (Å²) in [6.45, 7) is 4.02. The largest absolute Gasteiger partial charge is 0.374 e. The highest BCUT2D eigenvalue weighted by Crippen LogP contribution is 2.12. The number of carbonyl (C=O) groups is 1. The maximum atomic E-state index is 12.0. The fourth-order valence-electron chi connectivity index (χ4n) is 3.00. The lowest BCUT2D eigenvalue weighted by Crippen LogP contribution is -2.47. The van der Waals surface area contributed by atoms with Gasteiger partial charge < -0.3 is 10.1 Å². The summed E-state index contributed by atoms with van der Waals surface area (Å²) in [5.41, 5.74) is 2.56. The molecule has 1 aliphatic rings. The molecule has 2 aromatic carbocycles. The fraction of sp³-hybridized carbons (Fsp3) is 0.381. The standard InChI is InChI=1S/C21H26N2O2S/c24-21(17-26-16-19-9-5-2-6-10-19)22-13-20-15-23(11-12-25-20)14-18-7-3-1-4-8-18/h1-10,20H,11-17H2,(H,22,24)/t20-/m1/s1. The highest BCUT2D eigenvalue weighted by atomic mass is 32.2. The predicted molar refractivity (Wildman–Crippen MR) is 107 cm³/mol. The number of hydrogen-bond acceptors (Lipinski definition) is 4. The zero-order chi connectivity index (χ0) is 18.0. The van der Waals surface area contributed by atoms with Crippen LogP contribution in [-0.2, 0) is 21.8 Å². The molecule has 3 rings (SSSR count). The Bertz CT molecular complexity index is 666. The van der Waals surface area contributed by atoms with Crippen LogP contribution in [0.5, 0.6) is 0 Å². The summed E-state index contributed by atoms with van der Waals surface area (Å²) in [5, 5.41) is 3.01. The highest BCUT2D eigenvalue weighted by Gasteiger charge is 2.20. The molecule has 4 nitrogen and oxygen atoms in total. The van der Waals surface area contributed by atoms with Gasteiger partial charge in [-0.2, -0.15) is 0 Å². The SMILES string of the molecule is O=C(CSCc1ccccc1)NC[C@@H]1CN(Cc2ccccc2)CCO1. The Morgan fingerprint density at radius 3 is 2.50 bits per heavy atom. The third kappa shape index (κ3) is 6.48. The summed E-state index contributed by atoms with van der Waals surface area (Å²) in [4.78, 5) is 14.4. The number of nitrogens with one attached hydrogen (secondary N) is 1. The minimum Gasteiger partial charge on any atom is -0.374 e. The molecule has 26 heavy (non-hydrogen) atoms. The van der Waals surface area contributed by atoms with E-state index in [-0.39, 0.29) is 12.0 Å². The summed E-state index contributed by atoms with van der Waals surface area (Å²) in [6.07, 6.45) is 0.0653. The number of thioether (sulfide) groups is 1. The van der Waals surface area contributed by atoms with E-state index in [4.69, 9.17) is 4.74 Å². The molecule has 1 heterocycles. The van der Waals surface area contributed by atoms with E-state index in [2.05, 4.69) is 46.6 Å². The van der Waals surface area contributed by atoms with E-state index in [0.717, 1.165) is 32.0 Å². The normalized spacial score (nSPS) is 17.8. The van der Waals surface area contributed by atoms with Gasteiger partial charge in [0.15, 0.2) is 0 Å². The maximum Gasteiger partial charge on any atom is 0.230 e. The van der Waals surface area contributed by atoms with Crippen LogP contribution in [0, 0.1) is 0 Å². The first-order valence-electron chi connectivity index (χ1n) is 9.06. The van der Waals surface area contributed by atoms with Crippen LogP contribution in [-0.4, -0.2) is 48.9 Å². The molecule has 0 bridgehead atoms. The van der Waals surface area contributed by atoms with Crippen LogP contribution < -0.4 is 5.32 Å². The second kappa shape index (κ2) is 10.4. The Labute approximate surface area is 159 Å². The van der Waals surface area contributed by atoms with Crippen molar-refractivity contribution in [2.75, 3.05) is 32.0 Å². The zero-order valence-electron chi connectivity index (χ0n) is 15.0. The van der Waals surface area contributed by atoms with Gasteiger partial charge in [-0.25, -0.2) is 0 Å². The number of morpholine rings is 1. The molecule has 1 amide bonds. The van der Waals surface area contributed by atoms with Gasteiger partial charge in [0.05, 0.1) is 18.5 Å². The molecule has 1 saturated heterocycles. The van der Waals surface area contributed by atoms with E-state index in [1.165, 1.54) is 11.1 Å². The molecule has 5 heteroatoms. The van der Waals surface area contributed by atoms with Crippen molar-refractivity contribution in [2.45, 2.75) is 18.4 Å². The molecular weight excluding hydrogens is 344 g/mol. The second-order valence-corrected chi connectivity index (χ2v) is 7.48. The lowest BCUT2D eigenvalue weighted by molar-refractivity contribution is -0.119. The van der Waals surface area contributed by atoms with Crippen molar-refractivity contribution in [1.29, 1.82) is 0 Å². The van der Waals surface area contributed by atoms with E-state index >= 15 is 0 Å². The van der Waals surface area contributed by atoms with E-state index in [9.17, 15) is 4.79 Å². The van der Waals surface area contributed by atoms with Gasteiger partial charge in [-0.3, -0.25) is 9.69 Å². The molecule has 0 spiro atoms. The molecule has 138 valence electrons. The lowest BCUT2D eigenvalue weighted by Gasteiger charge is -2.33. The zero-order valence-corrected chi connectivity index (χ0v) is 15.8. The molecule has 0 radical (unpaired) electrons. The quantitative estimate of drug-likeness (QED) is 0.776. The maximum absolute atomic E-state index is 12.0.